The predicted octanol–water partition coefficient (Wildman–Crippen LogP) is 3.60. The van der Waals surface area contributed by atoms with Crippen LogP contribution < -0.4 is 0 Å². The number of aromatic carboxylic acids is 1. The van der Waals surface area contributed by atoms with Crippen LogP contribution in [0.5, 0.6) is 0 Å². The molecule has 3 aromatic rings. The van der Waals surface area contributed by atoms with Gasteiger partial charge in [-0.25, -0.2) is 14.2 Å². The number of fused-ring (bicyclic) bond motifs is 1. The molecule has 0 fully saturated rings. The Bertz CT molecular complexity index is 829. The quantitative estimate of drug-likeness (QED) is 0.779. The number of aromatic nitrogens is 2. The first-order valence-corrected chi connectivity index (χ1v) is 6.53. The van der Waals surface area contributed by atoms with Gasteiger partial charge in [0.1, 0.15) is 16.2 Å². The van der Waals surface area contributed by atoms with Gasteiger partial charge in [-0.1, -0.05) is 12.1 Å². The predicted molar refractivity (Wildman–Crippen MR) is 75.2 cm³/mol. The van der Waals surface area contributed by atoms with Gasteiger partial charge in [0.25, 0.3) is 0 Å². The van der Waals surface area contributed by atoms with Gasteiger partial charge >= 0.3 is 5.97 Å². The van der Waals surface area contributed by atoms with Crippen molar-refractivity contribution in [2.24, 2.45) is 0 Å². The molecule has 0 saturated heterocycles. The fraction of sp³-hybridized carbons (Fsp3) is 0. The Morgan fingerprint density at radius 1 is 1.25 bits per heavy atom. The number of nitrogens with zero attached hydrogens (tertiary/aromatic N) is 2. The lowest BCUT2D eigenvalue weighted by Crippen LogP contribution is -2.00. The molecule has 1 aromatic carbocycles. The Labute approximate surface area is 121 Å². The summed E-state index contributed by atoms with van der Waals surface area (Å²) in [6, 6.07) is 9.31. The normalized spacial score (nSPS) is 10.9. The zero-order valence-electron chi connectivity index (χ0n) is 10.0. The van der Waals surface area contributed by atoms with Crippen LogP contribution in [0.1, 0.15) is 10.4 Å². The van der Waals surface area contributed by atoms with E-state index in [0.29, 0.717) is 21.5 Å². The van der Waals surface area contributed by atoms with Gasteiger partial charge in [0.2, 0.25) is 0 Å². The summed E-state index contributed by atoms with van der Waals surface area (Å²) in [4.78, 5) is 15.5. The molecule has 2 heterocycles. The van der Waals surface area contributed by atoms with Gasteiger partial charge in [0.05, 0.1) is 16.6 Å². The molecule has 0 aliphatic rings. The number of halogens is 2. The van der Waals surface area contributed by atoms with E-state index in [1.165, 1.54) is 12.1 Å². The summed E-state index contributed by atoms with van der Waals surface area (Å²) < 4.78 is 15.8. The van der Waals surface area contributed by atoms with Crippen molar-refractivity contribution in [3.05, 3.63) is 58.6 Å². The van der Waals surface area contributed by atoms with E-state index in [-0.39, 0.29) is 5.56 Å². The number of rotatable bonds is 2. The minimum Gasteiger partial charge on any atom is -0.478 e. The summed E-state index contributed by atoms with van der Waals surface area (Å²) in [5.74, 6) is -1.11. The highest BCUT2D eigenvalue weighted by Crippen LogP contribution is 2.29. The summed E-state index contributed by atoms with van der Waals surface area (Å²) >= 11 is 3.24. The largest absolute Gasteiger partial charge is 0.478 e. The molecule has 0 radical (unpaired) electrons. The molecule has 6 heteroatoms. The van der Waals surface area contributed by atoms with E-state index in [9.17, 15) is 14.3 Å². The third-order valence-electron chi connectivity index (χ3n) is 2.97. The van der Waals surface area contributed by atoms with E-state index in [4.69, 9.17) is 0 Å². The summed E-state index contributed by atoms with van der Waals surface area (Å²) in [7, 11) is 0. The number of imidazole rings is 1. The maximum atomic E-state index is 13.9. The van der Waals surface area contributed by atoms with Crippen molar-refractivity contribution in [2.75, 3.05) is 0 Å². The Kier molecular flexibility index (Phi) is 3.02. The van der Waals surface area contributed by atoms with E-state index in [0.717, 1.165) is 0 Å². The number of carboxylic acids is 1. The number of hydrogen-bond donors (Lipinski definition) is 1. The van der Waals surface area contributed by atoms with E-state index < -0.39 is 11.8 Å². The van der Waals surface area contributed by atoms with Crippen LogP contribution in [0.2, 0.25) is 0 Å². The van der Waals surface area contributed by atoms with Gasteiger partial charge in [-0.2, -0.15) is 0 Å². The van der Waals surface area contributed by atoms with Crippen LogP contribution >= 0.6 is 15.9 Å². The van der Waals surface area contributed by atoms with Gasteiger partial charge < -0.3 is 5.11 Å². The zero-order valence-corrected chi connectivity index (χ0v) is 11.6. The minimum atomic E-state index is -1.06. The first kappa shape index (κ1) is 12.8. The molecule has 0 saturated carbocycles. The van der Waals surface area contributed by atoms with Crippen LogP contribution in [0.4, 0.5) is 4.39 Å². The Hall–Kier alpha value is -2.21. The van der Waals surface area contributed by atoms with Crippen molar-refractivity contribution in [1.82, 2.24) is 9.38 Å². The number of carbonyl (C=O) groups is 1. The molecule has 0 aliphatic heterocycles. The van der Waals surface area contributed by atoms with Crippen molar-refractivity contribution in [1.29, 1.82) is 0 Å². The number of carboxylic acid groups (broad SMARTS) is 1. The zero-order chi connectivity index (χ0) is 14.3. The monoisotopic (exact) mass is 334 g/mol. The van der Waals surface area contributed by atoms with Crippen molar-refractivity contribution >= 4 is 27.4 Å². The van der Waals surface area contributed by atoms with Crippen molar-refractivity contribution in [3.63, 3.8) is 0 Å². The van der Waals surface area contributed by atoms with Crippen LogP contribution in [0, 0.1) is 5.82 Å². The molecule has 20 heavy (non-hydrogen) atoms. The average Bonchev–Trinajstić information content (AvgIpc) is 2.77. The molecular weight excluding hydrogens is 327 g/mol. The fourth-order valence-electron chi connectivity index (χ4n) is 2.10. The lowest BCUT2D eigenvalue weighted by Gasteiger charge is -2.04. The molecule has 0 aliphatic carbocycles. The van der Waals surface area contributed by atoms with Crippen LogP contribution in [-0.4, -0.2) is 20.5 Å². The molecule has 0 spiro atoms. The molecule has 3 rings (SSSR count). The smallest absolute Gasteiger partial charge is 0.337 e. The third-order valence-corrected chi connectivity index (χ3v) is 3.52. The second kappa shape index (κ2) is 4.72. The molecule has 100 valence electrons. The van der Waals surface area contributed by atoms with Crippen LogP contribution in [0.3, 0.4) is 0 Å². The number of hydrogen-bond acceptors (Lipinski definition) is 2. The highest BCUT2D eigenvalue weighted by atomic mass is 79.9. The summed E-state index contributed by atoms with van der Waals surface area (Å²) in [6.07, 6.45) is 1.65. The molecule has 1 N–H and O–H groups in total. The van der Waals surface area contributed by atoms with E-state index >= 15 is 0 Å². The summed E-state index contributed by atoms with van der Waals surface area (Å²) in [5, 5.41) is 9.21. The van der Waals surface area contributed by atoms with Crippen LogP contribution in [0.15, 0.2) is 47.2 Å². The lowest BCUT2D eigenvalue weighted by molar-refractivity contribution is 0.0698. The van der Waals surface area contributed by atoms with Gasteiger partial charge in [0, 0.05) is 6.20 Å². The maximum Gasteiger partial charge on any atom is 0.337 e. The van der Waals surface area contributed by atoms with Gasteiger partial charge in [-0.05, 0) is 40.2 Å². The first-order chi connectivity index (χ1) is 9.59. The first-order valence-electron chi connectivity index (χ1n) is 5.74. The van der Waals surface area contributed by atoms with E-state index in [1.807, 2.05) is 0 Å². The van der Waals surface area contributed by atoms with Crippen molar-refractivity contribution in [2.45, 2.75) is 0 Å². The molecule has 0 bridgehead atoms. The molecule has 4 nitrogen and oxygen atoms in total. The standard InChI is InChI=1S/C14H8BrFN2O2/c15-12-11-9(14(19)20)5-3-7-18(11)13(17-12)8-4-1-2-6-10(8)16/h1-7H,(H,19,20). The maximum absolute atomic E-state index is 13.9. The SMILES string of the molecule is O=C(O)c1cccn2c(-c3ccccc3F)nc(Br)c12. The van der Waals surface area contributed by atoms with Crippen LogP contribution in [0.25, 0.3) is 16.9 Å². The second-order valence-corrected chi connectivity index (χ2v) is 4.90. The fourth-order valence-corrected chi connectivity index (χ4v) is 2.67. The van der Waals surface area contributed by atoms with Gasteiger partial charge in [-0.3, -0.25) is 4.40 Å². The summed E-state index contributed by atoms with van der Waals surface area (Å²) in [6.45, 7) is 0. The van der Waals surface area contributed by atoms with Gasteiger partial charge in [-0.15, -0.1) is 0 Å². The molecule has 0 atom stereocenters. The Morgan fingerprint density at radius 3 is 2.70 bits per heavy atom. The van der Waals surface area contributed by atoms with Crippen LogP contribution in [-0.2, 0) is 0 Å². The molecular formula is C14H8BrFN2O2. The van der Waals surface area contributed by atoms with E-state index in [1.54, 1.807) is 34.9 Å². The number of pyridine rings is 1. The Balaban J connectivity index is 2.38. The Morgan fingerprint density at radius 2 is 2.00 bits per heavy atom. The topological polar surface area (TPSA) is 54.6 Å². The molecule has 2 aromatic heterocycles. The second-order valence-electron chi connectivity index (χ2n) is 4.15. The number of benzene rings is 1. The van der Waals surface area contributed by atoms with Crippen molar-refractivity contribution in [3.8, 4) is 11.4 Å². The molecule has 0 amide bonds. The van der Waals surface area contributed by atoms with Gasteiger partial charge in [0.15, 0.2) is 0 Å². The average molecular weight is 335 g/mol. The third kappa shape index (κ3) is 1.89. The highest BCUT2D eigenvalue weighted by molar-refractivity contribution is 9.10. The van der Waals surface area contributed by atoms with Crippen molar-refractivity contribution < 1.29 is 14.3 Å². The van der Waals surface area contributed by atoms with E-state index in [2.05, 4.69) is 20.9 Å². The lowest BCUT2D eigenvalue weighted by atomic mass is 10.2. The molecule has 0 unspecified atom stereocenters. The summed E-state index contributed by atoms with van der Waals surface area (Å²) in [5.41, 5.74) is 0.823. The minimum absolute atomic E-state index is 0.106. The highest BCUT2D eigenvalue weighted by Gasteiger charge is 2.18.